The van der Waals surface area contributed by atoms with Crippen LogP contribution in [-0.4, -0.2) is 52.5 Å². The first kappa shape index (κ1) is 26.3. The van der Waals surface area contributed by atoms with Crippen LogP contribution in [0, 0.1) is 10.1 Å². The molecule has 0 aliphatic carbocycles. The molecule has 3 aromatic rings. The summed E-state index contributed by atoms with van der Waals surface area (Å²) < 4.78 is 43.7. The van der Waals surface area contributed by atoms with Gasteiger partial charge in [-0.1, -0.05) is 6.07 Å². The van der Waals surface area contributed by atoms with E-state index in [-0.39, 0.29) is 28.7 Å². The molecule has 0 fully saturated rings. The van der Waals surface area contributed by atoms with E-state index in [1.54, 1.807) is 19.2 Å². The van der Waals surface area contributed by atoms with Crippen molar-refractivity contribution in [2.75, 3.05) is 33.1 Å². The number of ether oxygens (including phenoxy) is 3. The van der Waals surface area contributed by atoms with Crippen LogP contribution in [0.3, 0.4) is 0 Å². The van der Waals surface area contributed by atoms with Crippen molar-refractivity contribution in [1.82, 2.24) is 4.90 Å². The van der Waals surface area contributed by atoms with Gasteiger partial charge in [0.15, 0.2) is 11.5 Å². The van der Waals surface area contributed by atoms with Crippen LogP contribution in [0.5, 0.6) is 17.2 Å². The number of nitrogens with one attached hydrogen (secondary N) is 1. The van der Waals surface area contributed by atoms with Crippen molar-refractivity contribution in [1.29, 1.82) is 0 Å². The van der Waals surface area contributed by atoms with Crippen LogP contribution < -0.4 is 18.9 Å². The van der Waals surface area contributed by atoms with E-state index in [0.29, 0.717) is 28.4 Å². The predicted molar refractivity (Wildman–Crippen MR) is 132 cm³/mol. The van der Waals surface area contributed by atoms with Gasteiger partial charge in [-0.25, -0.2) is 8.42 Å². The third kappa shape index (κ3) is 5.66. The molecule has 0 aliphatic rings. The molecule has 0 spiro atoms. The average molecular weight is 516 g/mol. The minimum Gasteiger partial charge on any atom is -0.493 e. The monoisotopic (exact) mass is 515 g/mol. The van der Waals surface area contributed by atoms with Gasteiger partial charge in [-0.2, -0.15) is 0 Å². The number of anilines is 1. The van der Waals surface area contributed by atoms with E-state index < -0.39 is 14.9 Å². The number of non-ortho nitro benzene ring substituents is 1. The van der Waals surface area contributed by atoms with Gasteiger partial charge in [-0.05, 0) is 42.5 Å². The molecule has 0 bridgehead atoms. The van der Waals surface area contributed by atoms with Gasteiger partial charge in [0.25, 0.3) is 21.6 Å². The summed E-state index contributed by atoms with van der Waals surface area (Å²) in [5.74, 6) is 1.05. The SMILES string of the molecule is COc1ccc(CN(C)C(=O)c2ccc(NS(=O)(=O)c3cccc([N+](=O)[O-])c3)cc2)c(OC)c1OC. The zero-order valence-electron chi connectivity index (χ0n) is 20.0. The molecule has 1 amide bonds. The van der Waals surface area contributed by atoms with Gasteiger partial charge in [-0.3, -0.25) is 19.6 Å². The lowest BCUT2D eigenvalue weighted by atomic mass is 10.1. The van der Waals surface area contributed by atoms with Crippen LogP contribution in [0.4, 0.5) is 11.4 Å². The Morgan fingerprint density at radius 3 is 2.22 bits per heavy atom. The van der Waals surface area contributed by atoms with Crippen molar-refractivity contribution < 1.29 is 32.3 Å². The van der Waals surface area contributed by atoms with Crippen LogP contribution in [-0.2, 0) is 16.6 Å². The van der Waals surface area contributed by atoms with Gasteiger partial charge in [0.05, 0.1) is 31.1 Å². The number of nitro benzene ring substituents is 1. The fraction of sp³-hybridized carbons (Fsp3) is 0.208. The largest absolute Gasteiger partial charge is 0.493 e. The van der Waals surface area contributed by atoms with Gasteiger partial charge in [0.1, 0.15) is 0 Å². The van der Waals surface area contributed by atoms with Gasteiger partial charge in [-0.15, -0.1) is 0 Å². The van der Waals surface area contributed by atoms with Gasteiger partial charge < -0.3 is 19.1 Å². The van der Waals surface area contributed by atoms with E-state index in [1.807, 2.05) is 0 Å². The van der Waals surface area contributed by atoms with Crippen molar-refractivity contribution >= 4 is 27.3 Å². The lowest BCUT2D eigenvalue weighted by Crippen LogP contribution is -2.26. The smallest absolute Gasteiger partial charge is 0.270 e. The number of carbonyl (C=O) groups excluding carboxylic acids is 1. The third-order valence-electron chi connectivity index (χ3n) is 5.26. The Morgan fingerprint density at radius 1 is 0.972 bits per heavy atom. The maximum Gasteiger partial charge on any atom is 0.270 e. The molecular formula is C24H25N3O8S. The summed E-state index contributed by atoms with van der Waals surface area (Å²) in [6.45, 7) is 0.212. The van der Waals surface area contributed by atoms with Crippen molar-refractivity contribution in [2.45, 2.75) is 11.4 Å². The highest BCUT2D eigenvalue weighted by molar-refractivity contribution is 7.92. The second-order valence-electron chi connectivity index (χ2n) is 7.59. The lowest BCUT2D eigenvalue weighted by Gasteiger charge is -2.21. The van der Waals surface area contributed by atoms with E-state index in [4.69, 9.17) is 14.2 Å². The molecule has 36 heavy (non-hydrogen) atoms. The average Bonchev–Trinajstić information content (AvgIpc) is 2.88. The van der Waals surface area contributed by atoms with Gasteiger partial charge in [0, 0.05) is 42.5 Å². The number of hydrogen-bond acceptors (Lipinski definition) is 8. The Labute approximate surface area is 208 Å². The second-order valence-corrected chi connectivity index (χ2v) is 9.27. The molecular weight excluding hydrogens is 490 g/mol. The van der Waals surface area contributed by atoms with E-state index in [0.717, 1.165) is 6.07 Å². The van der Waals surface area contributed by atoms with Crippen molar-refractivity contribution in [3.8, 4) is 17.2 Å². The quantitative estimate of drug-likeness (QED) is 0.319. The third-order valence-corrected chi connectivity index (χ3v) is 6.64. The van der Waals surface area contributed by atoms with E-state index in [9.17, 15) is 23.3 Å². The number of benzene rings is 3. The van der Waals surface area contributed by atoms with Crippen molar-refractivity contribution in [3.05, 3.63) is 81.9 Å². The van der Waals surface area contributed by atoms with Crippen LogP contribution in [0.2, 0.25) is 0 Å². The van der Waals surface area contributed by atoms with E-state index in [1.165, 1.54) is 68.7 Å². The Balaban J connectivity index is 1.75. The van der Waals surface area contributed by atoms with Crippen molar-refractivity contribution in [3.63, 3.8) is 0 Å². The molecule has 0 heterocycles. The molecule has 190 valence electrons. The molecule has 1 N–H and O–H groups in total. The summed E-state index contributed by atoms with van der Waals surface area (Å²) in [5, 5.41) is 10.9. The lowest BCUT2D eigenvalue weighted by molar-refractivity contribution is -0.385. The molecule has 3 rings (SSSR count). The summed E-state index contributed by atoms with van der Waals surface area (Å²) in [6, 6.07) is 14.0. The summed E-state index contributed by atoms with van der Waals surface area (Å²) in [4.78, 5) is 24.5. The van der Waals surface area contributed by atoms with E-state index in [2.05, 4.69) is 4.72 Å². The molecule has 0 aromatic heterocycles. The highest BCUT2D eigenvalue weighted by atomic mass is 32.2. The minimum absolute atomic E-state index is 0.197. The highest BCUT2D eigenvalue weighted by Gasteiger charge is 2.21. The number of sulfonamides is 1. The number of nitro groups is 1. The molecule has 0 saturated carbocycles. The molecule has 3 aromatic carbocycles. The number of rotatable bonds is 10. The van der Waals surface area contributed by atoms with Crippen molar-refractivity contribution in [2.24, 2.45) is 0 Å². The normalized spacial score (nSPS) is 10.9. The Bertz CT molecular complexity index is 1370. The fourth-order valence-electron chi connectivity index (χ4n) is 3.49. The van der Waals surface area contributed by atoms with E-state index >= 15 is 0 Å². The summed E-state index contributed by atoms with van der Waals surface area (Å²) in [5.41, 5.74) is 0.887. The van der Waals surface area contributed by atoms with Gasteiger partial charge >= 0.3 is 0 Å². The summed E-state index contributed by atoms with van der Waals surface area (Å²) in [7, 11) is 2.06. The predicted octanol–water partition coefficient (Wildman–Crippen LogP) is 3.69. The first-order valence-corrected chi connectivity index (χ1v) is 12.0. The molecule has 12 heteroatoms. The Morgan fingerprint density at radius 2 is 1.64 bits per heavy atom. The number of methoxy groups -OCH3 is 3. The number of amides is 1. The van der Waals surface area contributed by atoms with Crippen LogP contribution in [0.1, 0.15) is 15.9 Å². The maximum atomic E-state index is 13.0. The fourth-order valence-corrected chi connectivity index (χ4v) is 4.59. The first-order valence-electron chi connectivity index (χ1n) is 10.5. The van der Waals surface area contributed by atoms with Gasteiger partial charge in [0.2, 0.25) is 5.75 Å². The Kier molecular flexibility index (Phi) is 8.00. The molecule has 0 aliphatic heterocycles. The first-order chi connectivity index (χ1) is 17.1. The molecule has 0 atom stereocenters. The van der Waals surface area contributed by atoms with Crippen LogP contribution >= 0.6 is 0 Å². The minimum atomic E-state index is -4.07. The maximum absolute atomic E-state index is 13.0. The van der Waals surface area contributed by atoms with Crippen LogP contribution in [0.25, 0.3) is 0 Å². The topological polar surface area (TPSA) is 137 Å². The zero-order chi connectivity index (χ0) is 26.5. The summed E-state index contributed by atoms with van der Waals surface area (Å²) >= 11 is 0. The van der Waals surface area contributed by atoms with Crippen LogP contribution in [0.15, 0.2) is 65.6 Å². The summed E-state index contributed by atoms with van der Waals surface area (Å²) in [6.07, 6.45) is 0. The molecule has 0 saturated heterocycles. The molecule has 0 radical (unpaired) electrons. The molecule has 11 nitrogen and oxygen atoms in total. The number of carbonyl (C=O) groups is 1. The highest BCUT2D eigenvalue weighted by Crippen LogP contribution is 2.40. The number of hydrogen-bond donors (Lipinski definition) is 1. The molecule has 0 unspecified atom stereocenters. The zero-order valence-corrected chi connectivity index (χ0v) is 20.9. The second kappa shape index (κ2) is 11.0. The number of nitrogens with zero attached hydrogens (tertiary/aromatic N) is 2. The standard InChI is InChI=1S/C24H25N3O8S/c1-26(15-17-10-13-21(33-2)23(35-4)22(17)34-3)24(28)16-8-11-18(12-9-16)25-36(31,32)20-7-5-6-19(14-20)27(29)30/h5-14,25H,15H2,1-4H3. The Hall–Kier alpha value is -4.32.